The molecule has 2 aliphatic rings. The van der Waals surface area contributed by atoms with Crippen LogP contribution in [0.5, 0.6) is 0 Å². The van der Waals surface area contributed by atoms with E-state index in [1.54, 1.807) is 12.7 Å². The Morgan fingerprint density at radius 1 is 1.33 bits per heavy atom. The summed E-state index contributed by atoms with van der Waals surface area (Å²) in [6.45, 7) is 4.82. The van der Waals surface area contributed by atoms with E-state index in [1.807, 2.05) is 4.68 Å². The summed E-state index contributed by atoms with van der Waals surface area (Å²) in [6.07, 6.45) is 8.21. The molecule has 0 bridgehead atoms. The van der Waals surface area contributed by atoms with Gasteiger partial charge in [-0.25, -0.2) is 4.98 Å². The molecule has 130 valence electrons. The van der Waals surface area contributed by atoms with Gasteiger partial charge in [0.25, 0.3) is 0 Å². The first-order valence-electron chi connectivity index (χ1n) is 8.85. The Bertz CT molecular complexity index is 637. The van der Waals surface area contributed by atoms with Gasteiger partial charge in [0.05, 0.1) is 13.1 Å². The highest BCUT2D eigenvalue weighted by atomic mass is 16.5. The van der Waals surface area contributed by atoms with Crippen molar-refractivity contribution in [2.75, 3.05) is 26.7 Å². The normalized spacial score (nSPS) is 22.3. The molecule has 1 aliphatic heterocycles. The zero-order chi connectivity index (χ0) is 16.4. The predicted molar refractivity (Wildman–Crippen MR) is 87.2 cm³/mol. The third-order valence-corrected chi connectivity index (χ3v) is 5.03. The Hall–Kier alpha value is -1.80. The van der Waals surface area contributed by atoms with E-state index >= 15 is 0 Å². The third kappa shape index (κ3) is 3.81. The predicted octanol–water partition coefficient (Wildman–Crippen LogP) is 1.13. The lowest BCUT2D eigenvalue weighted by molar-refractivity contribution is 0.106. The van der Waals surface area contributed by atoms with Gasteiger partial charge in [-0.1, -0.05) is 5.16 Å². The summed E-state index contributed by atoms with van der Waals surface area (Å²) in [6, 6.07) is 0.567. The Morgan fingerprint density at radius 2 is 2.25 bits per heavy atom. The average Bonchev–Trinajstić information content (AvgIpc) is 3.12. The molecule has 3 heterocycles. The first-order valence-corrected chi connectivity index (χ1v) is 8.85. The van der Waals surface area contributed by atoms with Crippen LogP contribution in [0.25, 0.3) is 0 Å². The second kappa shape index (κ2) is 6.98. The van der Waals surface area contributed by atoms with E-state index in [-0.39, 0.29) is 0 Å². The van der Waals surface area contributed by atoms with E-state index < -0.39 is 0 Å². The summed E-state index contributed by atoms with van der Waals surface area (Å²) in [5, 5.41) is 8.32. The maximum absolute atomic E-state index is 5.37. The van der Waals surface area contributed by atoms with Gasteiger partial charge in [-0.3, -0.25) is 9.58 Å². The number of likely N-dealkylation sites (N-methyl/N-ethyl adjacent to an activating group) is 1. The van der Waals surface area contributed by atoms with Crippen molar-refractivity contribution < 1.29 is 4.52 Å². The molecule has 2 aromatic heterocycles. The summed E-state index contributed by atoms with van der Waals surface area (Å²) >= 11 is 0. The molecule has 1 unspecified atom stereocenters. The molecule has 2 fully saturated rings. The number of hydrogen-bond donors (Lipinski definition) is 0. The average molecular weight is 331 g/mol. The zero-order valence-corrected chi connectivity index (χ0v) is 14.2. The minimum Gasteiger partial charge on any atom is -0.339 e. The van der Waals surface area contributed by atoms with E-state index in [9.17, 15) is 0 Å². The Balaban J connectivity index is 1.27. The minimum atomic E-state index is 0.531. The monoisotopic (exact) mass is 331 g/mol. The maximum atomic E-state index is 5.37. The first-order chi connectivity index (χ1) is 11.8. The molecule has 0 amide bonds. The molecule has 8 heteroatoms. The lowest BCUT2D eigenvalue weighted by Crippen LogP contribution is -2.47. The highest BCUT2D eigenvalue weighted by Crippen LogP contribution is 2.38. The van der Waals surface area contributed by atoms with Crippen LogP contribution >= 0.6 is 0 Å². The fraction of sp³-hybridized carbons (Fsp3) is 0.750. The van der Waals surface area contributed by atoms with Crippen LogP contribution < -0.4 is 0 Å². The van der Waals surface area contributed by atoms with Gasteiger partial charge in [-0.05, 0) is 39.3 Å². The Labute approximate surface area is 141 Å². The summed E-state index contributed by atoms with van der Waals surface area (Å²) in [4.78, 5) is 13.4. The second-order valence-electron chi connectivity index (χ2n) is 6.99. The molecule has 0 N–H and O–H groups in total. The van der Waals surface area contributed by atoms with Crippen molar-refractivity contribution in [3.8, 4) is 0 Å². The minimum absolute atomic E-state index is 0.531. The van der Waals surface area contributed by atoms with Gasteiger partial charge in [0.2, 0.25) is 5.89 Å². The van der Waals surface area contributed by atoms with Crippen LogP contribution in [0.2, 0.25) is 0 Å². The quantitative estimate of drug-likeness (QED) is 0.753. The SMILES string of the molecule is CN(CCn1cncn1)C1CCCN(Cc2noc(C3CC3)n2)C1. The van der Waals surface area contributed by atoms with E-state index in [1.165, 1.54) is 25.7 Å². The first kappa shape index (κ1) is 15.7. The molecule has 1 saturated heterocycles. The van der Waals surface area contributed by atoms with E-state index in [4.69, 9.17) is 4.52 Å². The highest BCUT2D eigenvalue weighted by Gasteiger charge is 2.30. The number of piperidine rings is 1. The van der Waals surface area contributed by atoms with Crippen molar-refractivity contribution in [3.63, 3.8) is 0 Å². The van der Waals surface area contributed by atoms with Crippen LogP contribution in [0.4, 0.5) is 0 Å². The smallest absolute Gasteiger partial charge is 0.229 e. The topological polar surface area (TPSA) is 76.1 Å². The molecule has 4 rings (SSSR count). The van der Waals surface area contributed by atoms with Gasteiger partial charge >= 0.3 is 0 Å². The van der Waals surface area contributed by atoms with Crippen molar-refractivity contribution in [1.29, 1.82) is 0 Å². The van der Waals surface area contributed by atoms with Gasteiger partial charge in [0, 0.05) is 25.0 Å². The van der Waals surface area contributed by atoms with Gasteiger partial charge in [-0.15, -0.1) is 0 Å². The third-order valence-electron chi connectivity index (χ3n) is 5.03. The van der Waals surface area contributed by atoms with Crippen molar-refractivity contribution in [1.82, 2.24) is 34.7 Å². The molecule has 1 atom stereocenters. The number of aromatic nitrogens is 5. The lowest BCUT2D eigenvalue weighted by atomic mass is 10.0. The number of hydrogen-bond acceptors (Lipinski definition) is 7. The van der Waals surface area contributed by atoms with Crippen molar-refractivity contribution in [2.45, 2.75) is 50.7 Å². The van der Waals surface area contributed by atoms with E-state index in [2.05, 4.69) is 37.1 Å². The molecule has 0 aromatic carbocycles. The van der Waals surface area contributed by atoms with Gasteiger partial charge < -0.3 is 9.42 Å². The fourth-order valence-electron chi connectivity index (χ4n) is 3.35. The van der Waals surface area contributed by atoms with E-state index in [0.717, 1.165) is 44.4 Å². The summed E-state index contributed by atoms with van der Waals surface area (Å²) in [7, 11) is 2.20. The highest BCUT2D eigenvalue weighted by molar-refractivity contribution is 5.01. The number of nitrogens with zero attached hydrogens (tertiary/aromatic N) is 7. The van der Waals surface area contributed by atoms with Crippen LogP contribution in [-0.2, 0) is 13.1 Å². The molecule has 0 radical (unpaired) electrons. The van der Waals surface area contributed by atoms with Crippen molar-refractivity contribution >= 4 is 0 Å². The fourth-order valence-corrected chi connectivity index (χ4v) is 3.35. The van der Waals surface area contributed by atoms with Crippen LogP contribution in [0.3, 0.4) is 0 Å². The summed E-state index contributed by atoms with van der Waals surface area (Å²) in [5.74, 6) is 2.20. The standard InChI is InChI=1S/C16H25N7O/c1-21(7-8-23-12-17-11-18-23)14-3-2-6-22(9-14)10-15-19-16(24-20-15)13-4-5-13/h11-14H,2-10H2,1H3. The summed E-state index contributed by atoms with van der Waals surface area (Å²) in [5.41, 5.74) is 0. The van der Waals surface area contributed by atoms with Crippen LogP contribution in [0, 0.1) is 0 Å². The summed E-state index contributed by atoms with van der Waals surface area (Å²) < 4.78 is 7.26. The molecular weight excluding hydrogens is 306 g/mol. The molecule has 8 nitrogen and oxygen atoms in total. The van der Waals surface area contributed by atoms with Crippen LogP contribution in [0.15, 0.2) is 17.2 Å². The van der Waals surface area contributed by atoms with Crippen molar-refractivity contribution in [2.24, 2.45) is 0 Å². The Morgan fingerprint density at radius 3 is 3.04 bits per heavy atom. The molecule has 24 heavy (non-hydrogen) atoms. The van der Waals surface area contributed by atoms with Crippen molar-refractivity contribution in [3.05, 3.63) is 24.4 Å². The van der Waals surface area contributed by atoms with Gasteiger partial charge in [0.1, 0.15) is 12.7 Å². The largest absolute Gasteiger partial charge is 0.339 e. The van der Waals surface area contributed by atoms with Gasteiger partial charge in [0.15, 0.2) is 5.82 Å². The zero-order valence-electron chi connectivity index (χ0n) is 14.2. The molecular formula is C16H25N7O. The molecule has 1 saturated carbocycles. The maximum Gasteiger partial charge on any atom is 0.229 e. The second-order valence-corrected chi connectivity index (χ2v) is 6.99. The van der Waals surface area contributed by atoms with Crippen LogP contribution in [-0.4, -0.2) is 67.4 Å². The number of rotatable bonds is 7. The lowest BCUT2D eigenvalue weighted by Gasteiger charge is -2.37. The molecule has 1 aliphatic carbocycles. The molecule has 0 spiro atoms. The Kier molecular flexibility index (Phi) is 4.57. The van der Waals surface area contributed by atoms with Gasteiger partial charge in [-0.2, -0.15) is 10.1 Å². The molecule has 2 aromatic rings. The van der Waals surface area contributed by atoms with E-state index in [0.29, 0.717) is 12.0 Å². The van der Waals surface area contributed by atoms with Crippen LogP contribution in [0.1, 0.15) is 43.3 Å². The number of likely N-dealkylation sites (tertiary alicyclic amines) is 1.